The predicted octanol–water partition coefficient (Wildman–Crippen LogP) is 2.73. The summed E-state index contributed by atoms with van der Waals surface area (Å²) in [5.74, 6) is 0. The number of hydroxylamine groups is 2. The molecule has 0 saturated carbocycles. The van der Waals surface area contributed by atoms with Crippen LogP contribution in [-0.4, -0.2) is 30.4 Å². The van der Waals surface area contributed by atoms with Crippen molar-refractivity contribution in [1.82, 2.24) is 5.06 Å². The molecule has 0 amide bonds. The summed E-state index contributed by atoms with van der Waals surface area (Å²) in [4.78, 5) is 16.3. The normalized spacial score (nSPS) is 18.8. The standard InChI is InChI=1S/C11H21NO3/c1-3-4-7-10(2)14-11(13)15-12-8-5-6-9-12/h10H,3-9H2,1-2H3. The van der Waals surface area contributed by atoms with Gasteiger partial charge in [0, 0.05) is 13.1 Å². The van der Waals surface area contributed by atoms with Crippen LogP contribution in [-0.2, 0) is 9.57 Å². The zero-order chi connectivity index (χ0) is 11.1. The third-order valence-corrected chi connectivity index (χ3v) is 2.53. The molecule has 1 aliphatic rings. The van der Waals surface area contributed by atoms with Gasteiger partial charge in [-0.15, -0.1) is 5.06 Å². The first-order valence-corrected chi connectivity index (χ1v) is 5.86. The largest absolute Gasteiger partial charge is 0.528 e. The molecule has 4 nitrogen and oxygen atoms in total. The van der Waals surface area contributed by atoms with Gasteiger partial charge in [0.15, 0.2) is 0 Å². The maximum Gasteiger partial charge on any atom is 0.528 e. The molecule has 4 heteroatoms. The van der Waals surface area contributed by atoms with Gasteiger partial charge < -0.3 is 9.57 Å². The van der Waals surface area contributed by atoms with E-state index < -0.39 is 6.16 Å². The molecule has 0 aromatic rings. The molecule has 1 aliphatic heterocycles. The number of rotatable bonds is 5. The molecule has 0 N–H and O–H groups in total. The van der Waals surface area contributed by atoms with Gasteiger partial charge in [0.1, 0.15) is 6.10 Å². The summed E-state index contributed by atoms with van der Waals surface area (Å²) in [6.45, 7) is 5.69. The minimum absolute atomic E-state index is 0.0416. The van der Waals surface area contributed by atoms with Crippen molar-refractivity contribution in [2.45, 2.75) is 52.1 Å². The minimum Gasteiger partial charge on any atom is -0.430 e. The van der Waals surface area contributed by atoms with Gasteiger partial charge in [-0.05, 0) is 26.2 Å². The fourth-order valence-electron chi connectivity index (χ4n) is 1.62. The van der Waals surface area contributed by atoms with E-state index >= 15 is 0 Å². The van der Waals surface area contributed by atoms with Crippen molar-refractivity contribution < 1.29 is 14.4 Å². The molecule has 0 aromatic carbocycles. The summed E-state index contributed by atoms with van der Waals surface area (Å²) in [5.41, 5.74) is 0. The molecule has 0 aromatic heterocycles. The number of unbranched alkanes of at least 4 members (excludes halogenated alkanes) is 1. The fraction of sp³-hybridized carbons (Fsp3) is 0.909. The highest BCUT2D eigenvalue weighted by Crippen LogP contribution is 2.10. The predicted molar refractivity (Wildman–Crippen MR) is 57.4 cm³/mol. The summed E-state index contributed by atoms with van der Waals surface area (Å²) in [5, 5.41) is 1.68. The highest BCUT2D eigenvalue weighted by molar-refractivity contribution is 5.59. The van der Waals surface area contributed by atoms with E-state index in [9.17, 15) is 4.79 Å². The Morgan fingerprint density at radius 2 is 2.07 bits per heavy atom. The van der Waals surface area contributed by atoms with Crippen LogP contribution in [0.1, 0.15) is 46.0 Å². The van der Waals surface area contributed by atoms with Crippen molar-refractivity contribution in [2.24, 2.45) is 0 Å². The van der Waals surface area contributed by atoms with Crippen molar-refractivity contribution in [2.75, 3.05) is 13.1 Å². The molecule has 1 fully saturated rings. The van der Waals surface area contributed by atoms with Crippen LogP contribution in [0, 0.1) is 0 Å². The summed E-state index contributed by atoms with van der Waals surface area (Å²) in [7, 11) is 0. The quantitative estimate of drug-likeness (QED) is 0.661. The first-order valence-electron chi connectivity index (χ1n) is 5.86. The van der Waals surface area contributed by atoms with Crippen LogP contribution in [0.15, 0.2) is 0 Å². The van der Waals surface area contributed by atoms with E-state index in [1.807, 2.05) is 6.92 Å². The molecular weight excluding hydrogens is 194 g/mol. The van der Waals surface area contributed by atoms with Gasteiger partial charge >= 0.3 is 6.16 Å². The summed E-state index contributed by atoms with van der Waals surface area (Å²) in [6, 6.07) is 0. The Bertz CT molecular complexity index is 190. The number of carbonyl (C=O) groups is 1. The number of hydrogen-bond acceptors (Lipinski definition) is 4. The lowest BCUT2D eigenvalue weighted by Crippen LogP contribution is -2.26. The van der Waals surface area contributed by atoms with E-state index in [1.165, 1.54) is 0 Å². The summed E-state index contributed by atoms with van der Waals surface area (Å²) >= 11 is 0. The van der Waals surface area contributed by atoms with Gasteiger partial charge in [0.2, 0.25) is 0 Å². The third-order valence-electron chi connectivity index (χ3n) is 2.53. The maximum atomic E-state index is 11.3. The topological polar surface area (TPSA) is 38.8 Å². The zero-order valence-electron chi connectivity index (χ0n) is 9.70. The molecule has 1 heterocycles. The van der Waals surface area contributed by atoms with Crippen LogP contribution in [0.2, 0.25) is 0 Å². The van der Waals surface area contributed by atoms with Crippen molar-refractivity contribution in [3.05, 3.63) is 0 Å². The molecule has 1 atom stereocenters. The lowest BCUT2D eigenvalue weighted by molar-refractivity contribution is -0.120. The molecule has 1 unspecified atom stereocenters. The lowest BCUT2D eigenvalue weighted by Gasteiger charge is -2.16. The Balaban J connectivity index is 2.11. The van der Waals surface area contributed by atoms with Gasteiger partial charge in [-0.2, -0.15) is 0 Å². The molecule has 1 rings (SSSR count). The second-order valence-corrected chi connectivity index (χ2v) is 4.05. The molecule has 0 spiro atoms. The van der Waals surface area contributed by atoms with Crippen LogP contribution in [0.3, 0.4) is 0 Å². The highest BCUT2D eigenvalue weighted by atomic mass is 16.8. The van der Waals surface area contributed by atoms with Crippen LogP contribution >= 0.6 is 0 Å². The second-order valence-electron chi connectivity index (χ2n) is 4.05. The van der Waals surface area contributed by atoms with Gasteiger partial charge in [0.05, 0.1) is 0 Å². The Labute approximate surface area is 91.5 Å². The molecule has 88 valence electrons. The van der Waals surface area contributed by atoms with Gasteiger partial charge in [-0.3, -0.25) is 0 Å². The van der Waals surface area contributed by atoms with Crippen molar-refractivity contribution in [3.8, 4) is 0 Å². The number of hydrogen-bond donors (Lipinski definition) is 0. The Morgan fingerprint density at radius 1 is 1.40 bits per heavy atom. The Morgan fingerprint density at radius 3 is 2.67 bits per heavy atom. The summed E-state index contributed by atoms with van der Waals surface area (Å²) < 4.78 is 5.11. The molecule has 15 heavy (non-hydrogen) atoms. The van der Waals surface area contributed by atoms with Crippen LogP contribution in [0.5, 0.6) is 0 Å². The van der Waals surface area contributed by atoms with Crippen LogP contribution in [0.25, 0.3) is 0 Å². The number of ether oxygens (including phenoxy) is 1. The van der Waals surface area contributed by atoms with Crippen molar-refractivity contribution in [1.29, 1.82) is 0 Å². The van der Waals surface area contributed by atoms with Gasteiger partial charge in [0.25, 0.3) is 0 Å². The number of carbonyl (C=O) groups excluding carboxylic acids is 1. The molecule has 0 bridgehead atoms. The highest BCUT2D eigenvalue weighted by Gasteiger charge is 2.18. The average molecular weight is 215 g/mol. The smallest absolute Gasteiger partial charge is 0.430 e. The lowest BCUT2D eigenvalue weighted by atomic mass is 10.2. The van der Waals surface area contributed by atoms with E-state index in [2.05, 4.69) is 6.92 Å². The van der Waals surface area contributed by atoms with E-state index in [0.717, 1.165) is 45.2 Å². The van der Waals surface area contributed by atoms with Crippen molar-refractivity contribution in [3.63, 3.8) is 0 Å². The van der Waals surface area contributed by atoms with Gasteiger partial charge in [-0.25, -0.2) is 4.79 Å². The maximum absolute atomic E-state index is 11.3. The first-order chi connectivity index (χ1) is 7.22. The average Bonchev–Trinajstić information content (AvgIpc) is 2.67. The minimum atomic E-state index is -0.555. The van der Waals surface area contributed by atoms with E-state index in [1.54, 1.807) is 5.06 Å². The van der Waals surface area contributed by atoms with Gasteiger partial charge in [-0.1, -0.05) is 19.8 Å². The van der Waals surface area contributed by atoms with Crippen LogP contribution in [0.4, 0.5) is 4.79 Å². The molecule has 0 aliphatic carbocycles. The molecule has 0 radical (unpaired) electrons. The Kier molecular flexibility index (Phi) is 5.47. The zero-order valence-corrected chi connectivity index (χ0v) is 9.70. The SMILES string of the molecule is CCCCC(C)OC(=O)ON1CCCC1. The van der Waals surface area contributed by atoms with Crippen LogP contribution < -0.4 is 0 Å². The van der Waals surface area contributed by atoms with E-state index in [0.29, 0.717) is 0 Å². The Hall–Kier alpha value is -0.770. The molecule has 1 saturated heterocycles. The second kappa shape index (κ2) is 6.67. The van der Waals surface area contributed by atoms with E-state index in [4.69, 9.17) is 9.57 Å². The molecular formula is C11H21NO3. The fourth-order valence-corrected chi connectivity index (χ4v) is 1.62. The monoisotopic (exact) mass is 215 g/mol. The summed E-state index contributed by atoms with van der Waals surface area (Å²) in [6.07, 6.45) is 4.70. The third kappa shape index (κ3) is 5.02. The van der Waals surface area contributed by atoms with E-state index in [-0.39, 0.29) is 6.10 Å². The number of nitrogens with zero attached hydrogens (tertiary/aromatic N) is 1. The first kappa shape index (κ1) is 12.3. The van der Waals surface area contributed by atoms with Crippen molar-refractivity contribution >= 4 is 6.16 Å².